The van der Waals surface area contributed by atoms with Crippen LogP contribution in [0.4, 0.5) is 20.2 Å². The fraction of sp³-hybridized carbons (Fsp3) is 0.0667. The van der Waals surface area contributed by atoms with E-state index in [9.17, 15) is 18.4 Å². The first-order valence-corrected chi connectivity index (χ1v) is 8.10. The Hall–Kier alpha value is -1.90. The van der Waals surface area contributed by atoms with Crippen molar-refractivity contribution in [1.29, 1.82) is 0 Å². The molecule has 0 fully saturated rings. The minimum atomic E-state index is -0.989. The van der Waals surface area contributed by atoms with Crippen LogP contribution in [0, 0.1) is 11.6 Å². The van der Waals surface area contributed by atoms with Crippen molar-refractivity contribution >= 4 is 62.4 Å². The van der Waals surface area contributed by atoms with E-state index in [-0.39, 0.29) is 31.5 Å². The molecule has 0 saturated carbocycles. The number of rotatable bonds is 4. The Balaban J connectivity index is 2.05. The van der Waals surface area contributed by atoms with Gasteiger partial charge in [0.15, 0.2) is 12.4 Å². The van der Waals surface area contributed by atoms with E-state index in [1.807, 2.05) is 0 Å². The van der Waals surface area contributed by atoms with Crippen molar-refractivity contribution in [2.45, 2.75) is 0 Å². The maximum absolute atomic E-state index is 13.6. The Morgan fingerprint density at radius 2 is 1.88 bits per heavy atom. The highest BCUT2D eigenvalue weighted by atomic mass is 79.9. The number of halogens is 5. The topological polar surface area (TPSA) is 81.4 Å². The number of carbonyl (C=O) groups is 2. The van der Waals surface area contributed by atoms with Gasteiger partial charge >= 0.3 is 5.97 Å². The fourth-order valence-electron chi connectivity index (χ4n) is 1.80. The Labute approximate surface area is 159 Å². The highest BCUT2D eigenvalue weighted by molar-refractivity contribution is 9.10. The van der Waals surface area contributed by atoms with E-state index < -0.39 is 30.1 Å². The number of anilines is 2. The zero-order valence-electron chi connectivity index (χ0n) is 12.2. The summed E-state index contributed by atoms with van der Waals surface area (Å²) in [7, 11) is 0. The summed E-state index contributed by atoms with van der Waals surface area (Å²) < 4.78 is 31.4. The molecule has 0 heterocycles. The first-order valence-electron chi connectivity index (χ1n) is 6.55. The molecule has 0 radical (unpaired) electrons. The summed E-state index contributed by atoms with van der Waals surface area (Å²) in [6, 6.07) is 4.15. The Morgan fingerprint density at radius 1 is 1.20 bits per heavy atom. The quantitative estimate of drug-likeness (QED) is 0.530. The van der Waals surface area contributed by atoms with Gasteiger partial charge in [-0.2, -0.15) is 0 Å². The van der Waals surface area contributed by atoms with E-state index in [0.717, 1.165) is 6.07 Å². The van der Waals surface area contributed by atoms with Crippen LogP contribution in [-0.2, 0) is 9.53 Å². The number of amides is 1. The number of nitrogens with two attached hydrogens (primary N) is 1. The minimum Gasteiger partial charge on any atom is -0.452 e. The molecule has 132 valence electrons. The monoisotopic (exact) mass is 452 g/mol. The normalized spacial score (nSPS) is 10.4. The van der Waals surface area contributed by atoms with E-state index in [1.165, 1.54) is 12.1 Å². The largest absolute Gasteiger partial charge is 0.452 e. The third-order valence-corrected chi connectivity index (χ3v) is 4.08. The summed E-state index contributed by atoms with van der Waals surface area (Å²) in [5.41, 5.74) is 5.20. The van der Waals surface area contributed by atoms with Crippen LogP contribution in [0.5, 0.6) is 0 Å². The molecule has 0 spiro atoms. The average molecular weight is 454 g/mol. The predicted molar refractivity (Wildman–Crippen MR) is 93.8 cm³/mol. The van der Waals surface area contributed by atoms with E-state index in [2.05, 4.69) is 21.2 Å². The van der Waals surface area contributed by atoms with Crippen molar-refractivity contribution in [3.05, 3.63) is 56.0 Å². The zero-order valence-corrected chi connectivity index (χ0v) is 15.3. The molecule has 0 aromatic heterocycles. The number of ether oxygens (including phenoxy) is 1. The number of carbonyl (C=O) groups excluding carboxylic acids is 2. The van der Waals surface area contributed by atoms with Gasteiger partial charge in [-0.25, -0.2) is 13.6 Å². The number of esters is 1. The number of hydrogen-bond acceptors (Lipinski definition) is 4. The molecular formula is C15H9BrCl2F2N2O3. The molecule has 1 amide bonds. The van der Waals surface area contributed by atoms with Gasteiger partial charge in [-0.15, -0.1) is 0 Å². The van der Waals surface area contributed by atoms with Crippen LogP contribution in [0.25, 0.3) is 0 Å². The average Bonchev–Trinajstić information content (AvgIpc) is 2.52. The summed E-state index contributed by atoms with van der Waals surface area (Å²) in [6.07, 6.45) is 0. The van der Waals surface area contributed by atoms with E-state index in [1.54, 1.807) is 0 Å². The van der Waals surface area contributed by atoms with Crippen molar-refractivity contribution in [3.63, 3.8) is 0 Å². The van der Waals surface area contributed by atoms with Crippen LogP contribution in [0.1, 0.15) is 10.4 Å². The lowest BCUT2D eigenvalue weighted by molar-refractivity contribution is -0.119. The molecule has 0 saturated heterocycles. The van der Waals surface area contributed by atoms with Crippen molar-refractivity contribution in [2.24, 2.45) is 0 Å². The molecule has 2 aromatic carbocycles. The van der Waals surface area contributed by atoms with E-state index in [4.69, 9.17) is 33.7 Å². The smallest absolute Gasteiger partial charge is 0.340 e. The zero-order chi connectivity index (χ0) is 18.7. The summed E-state index contributed by atoms with van der Waals surface area (Å²) in [6.45, 7) is -0.730. The lowest BCUT2D eigenvalue weighted by Gasteiger charge is -2.11. The highest BCUT2D eigenvalue weighted by Gasteiger charge is 2.18. The molecule has 0 unspecified atom stereocenters. The van der Waals surface area contributed by atoms with Gasteiger partial charge in [0, 0.05) is 15.6 Å². The predicted octanol–water partition coefficient (Wildman–Crippen LogP) is 4.41. The molecule has 25 heavy (non-hydrogen) atoms. The Bertz CT molecular complexity index is 842. The first-order chi connectivity index (χ1) is 11.7. The highest BCUT2D eigenvalue weighted by Crippen LogP contribution is 2.28. The molecule has 10 heteroatoms. The van der Waals surface area contributed by atoms with Crippen molar-refractivity contribution in [2.75, 3.05) is 17.7 Å². The Kier molecular flexibility index (Phi) is 6.21. The first kappa shape index (κ1) is 19.4. The summed E-state index contributed by atoms with van der Waals surface area (Å²) in [4.78, 5) is 23.8. The number of hydrogen-bond donors (Lipinski definition) is 2. The van der Waals surface area contributed by atoms with Crippen LogP contribution >= 0.6 is 39.1 Å². The second-order valence-corrected chi connectivity index (χ2v) is 6.42. The molecule has 2 aromatic rings. The van der Waals surface area contributed by atoms with Crippen molar-refractivity contribution < 1.29 is 23.1 Å². The summed E-state index contributed by atoms with van der Waals surface area (Å²) in [5, 5.41) is 2.38. The molecule has 2 rings (SSSR count). The number of nitrogens with one attached hydrogen (secondary N) is 1. The molecule has 0 atom stereocenters. The molecular weight excluding hydrogens is 445 g/mol. The van der Waals surface area contributed by atoms with Crippen LogP contribution in [0.2, 0.25) is 10.0 Å². The third kappa shape index (κ3) is 4.81. The maximum atomic E-state index is 13.6. The molecule has 0 aliphatic heterocycles. The lowest BCUT2D eigenvalue weighted by atomic mass is 10.2. The van der Waals surface area contributed by atoms with Gasteiger partial charge in [-0.05, 0) is 34.1 Å². The second kappa shape index (κ2) is 7.99. The van der Waals surface area contributed by atoms with Gasteiger partial charge in [0.05, 0.1) is 22.0 Å². The SMILES string of the molecule is Nc1c(Cl)cc(Cl)cc1C(=O)OCC(=O)Nc1c(F)cc(F)cc1Br. The van der Waals surface area contributed by atoms with Crippen molar-refractivity contribution in [3.8, 4) is 0 Å². The van der Waals surface area contributed by atoms with Gasteiger partial charge in [0.25, 0.3) is 5.91 Å². The summed E-state index contributed by atoms with van der Waals surface area (Å²) >= 11 is 14.5. The maximum Gasteiger partial charge on any atom is 0.340 e. The lowest BCUT2D eigenvalue weighted by Crippen LogP contribution is -2.22. The second-order valence-electron chi connectivity index (χ2n) is 4.72. The molecule has 5 nitrogen and oxygen atoms in total. The van der Waals surface area contributed by atoms with Crippen LogP contribution in [0.3, 0.4) is 0 Å². The van der Waals surface area contributed by atoms with Gasteiger partial charge in [0.1, 0.15) is 5.82 Å². The number of nitrogen functional groups attached to an aromatic ring is 1. The van der Waals surface area contributed by atoms with E-state index in [0.29, 0.717) is 6.07 Å². The fourth-order valence-corrected chi connectivity index (χ4v) is 2.80. The van der Waals surface area contributed by atoms with Crippen molar-refractivity contribution in [1.82, 2.24) is 0 Å². The van der Waals surface area contributed by atoms with Gasteiger partial charge in [0.2, 0.25) is 0 Å². The van der Waals surface area contributed by atoms with Gasteiger partial charge < -0.3 is 15.8 Å². The van der Waals surface area contributed by atoms with Gasteiger partial charge in [-0.3, -0.25) is 4.79 Å². The molecule has 0 aliphatic rings. The summed E-state index contributed by atoms with van der Waals surface area (Å²) in [5.74, 6) is -3.58. The van der Waals surface area contributed by atoms with Gasteiger partial charge in [-0.1, -0.05) is 23.2 Å². The third-order valence-electron chi connectivity index (χ3n) is 2.92. The Morgan fingerprint density at radius 3 is 2.52 bits per heavy atom. The van der Waals surface area contributed by atoms with Crippen LogP contribution in [-0.4, -0.2) is 18.5 Å². The minimum absolute atomic E-state index is 0.00413. The number of benzene rings is 2. The molecule has 3 N–H and O–H groups in total. The molecule has 0 bridgehead atoms. The van der Waals surface area contributed by atoms with E-state index >= 15 is 0 Å². The molecule has 0 aliphatic carbocycles. The van der Waals surface area contributed by atoms with Crippen LogP contribution < -0.4 is 11.1 Å². The van der Waals surface area contributed by atoms with Crippen LogP contribution in [0.15, 0.2) is 28.7 Å². The standard InChI is InChI=1S/C15H9BrCl2F2N2O3/c16-9-3-7(19)4-11(20)14(9)22-12(23)5-25-15(24)8-1-6(17)2-10(18)13(8)21/h1-4H,5,21H2,(H,22,23).